The number of aromatic nitrogens is 2. The monoisotopic (exact) mass is 346 g/mol. The second-order valence-corrected chi connectivity index (χ2v) is 6.38. The molecule has 3 rings (SSSR count). The average Bonchev–Trinajstić information content (AvgIpc) is 2.97. The van der Waals surface area contributed by atoms with Gasteiger partial charge in [0.1, 0.15) is 11.5 Å². The number of aliphatic hydroxyl groups excluding tert-OH is 1. The van der Waals surface area contributed by atoms with Crippen molar-refractivity contribution in [3.05, 3.63) is 47.5 Å². The fourth-order valence-electron chi connectivity index (χ4n) is 3.32. The Morgan fingerprint density at radius 1 is 1.36 bits per heavy atom. The summed E-state index contributed by atoms with van der Waals surface area (Å²) in [6.45, 7) is 6.58. The molecule has 2 heterocycles. The number of benzene rings is 1. The molecule has 0 spiro atoms. The largest absolute Gasteiger partial charge is 0.395 e. The van der Waals surface area contributed by atoms with Crippen LogP contribution in [0.25, 0.3) is 5.69 Å². The maximum absolute atomic E-state index is 14.0. The van der Waals surface area contributed by atoms with Gasteiger partial charge in [-0.15, -0.1) is 0 Å². The number of piperazine rings is 1. The number of rotatable bonds is 4. The molecule has 2 aromatic rings. The first-order valence-corrected chi connectivity index (χ1v) is 8.46. The molecule has 1 saturated heterocycles. The van der Waals surface area contributed by atoms with Gasteiger partial charge in [-0.3, -0.25) is 9.69 Å². The van der Waals surface area contributed by atoms with Crippen molar-refractivity contribution in [2.24, 2.45) is 0 Å². The van der Waals surface area contributed by atoms with Crippen LogP contribution in [0.5, 0.6) is 0 Å². The summed E-state index contributed by atoms with van der Waals surface area (Å²) >= 11 is 0. The summed E-state index contributed by atoms with van der Waals surface area (Å²) in [5.41, 5.74) is 1.45. The molecule has 1 N–H and O–H groups in total. The molecule has 1 aliphatic rings. The van der Waals surface area contributed by atoms with Crippen LogP contribution in [-0.2, 0) is 0 Å². The molecule has 134 valence electrons. The third-order valence-electron chi connectivity index (χ3n) is 4.71. The molecule has 1 aromatic heterocycles. The van der Waals surface area contributed by atoms with Crippen LogP contribution in [-0.4, -0.2) is 69.4 Å². The summed E-state index contributed by atoms with van der Waals surface area (Å²) in [5, 5.41) is 13.3. The molecule has 0 radical (unpaired) electrons. The smallest absolute Gasteiger partial charge is 0.257 e. The molecule has 1 unspecified atom stereocenters. The minimum atomic E-state index is -0.376. The summed E-state index contributed by atoms with van der Waals surface area (Å²) in [7, 11) is 0. The van der Waals surface area contributed by atoms with E-state index >= 15 is 0 Å². The summed E-state index contributed by atoms with van der Waals surface area (Å²) < 4.78 is 15.5. The van der Waals surface area contributed by atoms with Gasteiger partial charge in [-0.1, -0.05) is 12.1 Å². The van der Waals surface area contributed by atoms with E-state index in [-0.39, 0.29) is 24.4 Å². The van der Waals surface area contributed by atoms with Crippen LogP contribution in [0, 0.1) is 12.7 Å². The number of hydrogen-bond acceptors (Lipinski definition) is 4. The number of para-hydroxylation sites is 1. The van der Waals surface area contributed by atoms with Crippen molar-refractivity contribution in [2.45, 2.75) is 19.9 Å². The van der Waals surface area contributed by atoms with Crippen LogP contribution in [0.3, 0.4) is 0 Å². The lowest BCUT2D eigenvalue weighted by Crippen LogP contribution is -2.54. The second kappa shape index (κ2) is 7.33. The van der Waals surface area contributed by atoms with Crippen molar-refractivity contribution >= 4 is 5.91 Å². The highest BCUT2D eigenvalue weighted by Crippen LogP contribution is 2.20. The molecule has 6 nitrogen and oxygen atoms in total. The van der Waals surface area contributed by atoms with Crippen molar-refractivity contribution in [3.8, 4) is 5.69 Å². The Balaban J connectivity index is 1.81. The van der Waals surface area contributed by atoms with Gasteiger partial charge < -0.3 is 10.0 Å². The number of amides is 1. The van der Waals surface area contributed by atoms with Gasteiger partial charge in [0.25, 0.3) is 5.91 Å². The zero-order valence-electron chi connectivity index (χ0n) is 14.5. The number of β-amino-alcohol motifs (C(OH)–C–C–N with tert-alkyl or cyclic N) is 1. The summed E-state index contributed by atoms with van der Waals surface area (Å²) in [4.78, 5) is 16.9. The lowest BCUT2D eigenvalue weighted by atomic mass is 10.1. The third-order valence-corrected chi connectivity index (χ3v) is 4.71. The van der Waals surface area contributed by atoms with E-state index in [4.69, 9.17) is 5.11 Å². The Kier molecular flexibility index (Phi) is 5.15. The van der Waals surface area contributed by atoms with E-state index in [9.17, 15) is 9.18 Å². The zero-order chi connectivity index (χ0) is 18.0. The predicted octanol–water partition coefficient (Wildman–Crippen LogP) is 1.46. The van der Waals surface area contributed by atoms with Gasteiger partial charge in [0.15, 0.2) is 0 Å². The minimum absolute atomic E-state index is 0.0454. The Morgan fingerprint density at radius 2 is 2.12 bits per heavy atom. The Hall–Kier alpha value is -2.25. The zero-order valence-corrected chi connectivity index (χ0v) is 14.5. The molecular formula is C18H23FN4O2. The lowest BCUT2D eigenvalue weighted by molar-refractivity contribution is 0.0457. The number of aliphatic hydroxyl groups is 1. The second-order valence-electron chi connectivity index (χ2n) is 6.38. The summed E-state index contributed by atoms with van der Waals surface area (Å²) in [5.74, 6) is -0.463. The highest BCUT2D eigenvalue weighted by atomic mass is 19.1. The molecule has 1 atom stereocenters. The van der Waals surface area contributed by atoms with Crippen LogP contribution in [0.2, 0.25) is 0 Å². The van der Waals surface area contributed by atoms with Crippen LogP contribution in [0.15, 0.2) is 30.5 Å². The molecule has 25 heavy (non-hydrogen) atoms. The standard InChI is InChI=1S/C18H23FN4O2/c1-13-12-21(9-10-24)7-8-22(13)18(25)15-11-20-23(14(15)2)17-6-4-3-5-16(17)19/h3-6,11,13,24H,7-10,12H2,1-2H3. The minimum Gasteiger partial charge on any atom is -0.395 e. The van der Waals surface area contributed by atoms with E-state index in [1.54, 1.807) is 25.1 Å². The Morgan fingerprint density at radius 3 is 2.80 bits per heavy atom. The maximum atomic E-state index is 14.0. The number of carbonyl (C=O) groups excluding carboxylic acids is 1. The number of hydrogen-bond donors (Lipinski definition) is 1. The van der Waals surface area contributed by atoms with Gasteiger partial charge in [-0.25, -0.2) is 9.07 Å². The van der Waals surface area contributed by atoms with E-state index < -0.39 is 0 Å². The first kappa shape index (κ1) is 17.6. The topological polar surface area (TPSA) is 61.6 Å². The molecule has 1 aliphatic heterocycles. The van der Waals surface area contributed by atoms with Gasteiger partial charge in [-0.05, 0) is 26.0 Å². The quantitative estimate of drug-likeness (QED) is 0.910. The Labute approximate surface area is 146 Å². The van der Waals surface area contributed by atoms with Crippen LogP contribution in [0.4, 0.5) is 4.39 Å². The lowest BCUT2D eigenvalue weighted by Gasteiger charge is -2.39. The van der Waals surface area contributed by atoms with Gasteiger partial charge in [0.2, 0.25) is 0 Å². The number of carbonyl (C=O) groups is 1. The molecule has 0 bridgehead atoms. The maximum Gasteiger partial charge on any atom is 0.257 e. The van der Waals surface area contributed by atoms with E-state index in [2.05, 4.69) is 10.00 Å². The number of halogens is 1. The Bertz CT molecular complexity index is 761. The number of nitrogens with zero attached hydrogens (tertiary/aromatic N) is 4. The molecule has 1 amide bonds. The van der Waals surface area contributed by atoms with Crippen molar-refractivity contribution in [1.29, 1.82) is 0 Å². The van der Waals surface area contributed by atoms with Crippen molar-refractivity contribution in [2.75, 3.05) is 32.8 Å². The van der Waals surface area contributed by atoms with Crippen molar-refractivity contribution < 1.29 is 14.3 Å². The van der Waals surface area contributed by atoms with E-state index in [1.165, 1.54) is 16.9 Å². The molecule has 0 saturated carbocycles. The SMILES string of the molecule is Cc1c(C(=O)N2CCN(CCO)CC2C)cnn1-c1ccccc1F. The predicted molar refractivity (Wildman–Crippen MR) is 92.3 cm³/mol. The van der Waals surface area contributed by atoms with Gasteiger partial charge in [-0.2, -0.15) is 5.10 Å². The molecular weight excluding hydrogens is 323 g/mol. The van der Waals surface area contributed by atoms with Crippen LogP contribution >= 0.6 is 0 Å². The van der Waals surface area contributed by atoms with Gasteiger partial charge in [0, 0.05) is 32.2 Å². The first-order chi connectivity index (χ1) is 12.0. The molecule has 1 aromatic carbocycles. The normalized spacial score (nSPS) is 18.6. The molecule has 0 aliphatic carbocycles. The van der Waals surface area contributed by atoms with Crippen LogP contribution < -0.4 is 0 Å². The fourth-order valence-corrected chi connectivity index (χ4v) is 3.32. The average molecular weight is 346 g/mol. The summed E-state index contributed by atoms with van der Waals surface area (Å²) in [6, 6.07) is 6.42. The van der Waals surface area contributed by atoms with E-state index in [0.717, 1.165) is 13.1 Å². The van der Waals surface area contributed by atoms with Gasteiger partial charge >= 0.3 is 0 Å². The van der Waals surface area contributed by atoms with Crippen molar-refractivity contribution in [1.82, 2.24) is 19.6 Å². The summed E-state index contributed by atoms with van der Waals surface area (Å²) in [6.07, 6.45) is 1.51. The highest BCUT2D eigenvalue weighted by Gasteiger charge is 2.29. The highest BCUT2D eigenvalue weighted by molar-refractivity contribution is 5.95. The van der Waals surface area contributed by atoms with Gasteiger partial charge in [0.05, 0.1) is 24.1 Å². The van der Waals surface area contributed by atoms with E-state index in [1.807, 2.05) is 11.8 Å². The molecule has 1 fully saturated rings. The first-order valence-electron chi connectivity index (χ1n) is 8.46. The van der Waals surface area contributed by atoms with Crippen LogP contribution in [0.1, 0.15) is 23.0 Å². The van der Waals surface area contributed by atoms with E-state index in [0.29, 0.717) is 30.0 Å². The van der Waals surface area contributed by atoms with Crippen molar-refractivity contribution in [3.63, 3.8) is 0 Å². The fraction of sp³-hybridized carbons (Fsp3) is 0.444. The molecule has 7 heteroatoms. The third kappa shape index (κ3) is 3.43.